The molecule has 7 nitrogen and oxygen atoms in total. The number of hydrogen-bond donors (Lipinski definition) is 0. The number of carbonyl (C=O) groups is 1. The van der Waals surface area contributed by atoms with E-state index in [1.807, 2.05) is 35.8 Å². The molecule has 0 saturated carbocycles. The van der Waals surface area contributed by atoms with Crippen LogP contribution in [0.3, 0.4) is 0 Å². The van der Waals surface area contributed by atoms with Crippen molar-refractivity contribution in [2.45, 2.75) is 13.5 Å². The third-order valence-corrected chi connectivity index (χ3v) is 5.70. The summed E-state index contributed by atoms with van der Waals surface area (Å²) < 4.78 is 8.44. The average Bonchev–Trinajstić information content (AvgIpc) is 3.25. The number of rotatable bonds is 7. The second kappa shape index (κ2) is 8.85. The maximum absolute atomic E-state index is 12.3. The van der Waals surface area contributed by atoms with Gasteiger partial charge in [-0.3, -0.25) is 14.9 Å². The third-order valence-electron chi connectivity index (χ3n) is 3.64. The Kier molecular flexibility index (Phi) is 6.28. The first-order valence-corrected chi connectivity index (χ1v) is 9.89. The van der Waals surface area contributed by atoms with Gasteiger partial charge in [0, 0.05) is 30.2 Å². The number of benzene rings is 1. The summed E-state index contributed by atoms with van der Waals surface area (Å²) in [5, 5.41) is 10.8. The van der Waals surface area contributed by atoms with Crippen LogP contribution in [0.25, 0.3) is 16.3 Å². The molecule has 0 aliphatic carbocycles. The number of carbonyl (C=O) groups excluding carboxylic acids is 1. The van der Waals surface area contributed by atoms with Crippen molar-refractivity contribution < 1.29 is 14.5 Å². The van der Waals surface area contributed by atoms with E-state index in [4.69, 9.17) is 4.74 Å². The molecule has 1 aromatic carbocycles. The van der Waals surface area contributed by atoms with Crippen LogP contribution in [-0.2, 0) is 16.1 Å². The number of thiophene rings is 1. The van der Waals surface area contributed by atoms with Gasteiger partial charge in [0.15, 0.2) is 4.80 Å². The number of aromatic nitrogens is 1. The van der Waals surface area contributed by atoms with E-state index in [-0.39, 0.29) is 5.00 Å². The van der Waals surface area contributed by atoms with Crippen LogP contribution in [0, 0.1) is 10.1 Å². The normalized spacial score (nSPS) is 12.3. The standard InChI is InChI=1S/C18H17N3O4S2/c1-2-25-12-11-20-14-5-3-4-6-15(14)27-18(20)19-16(22)9-7-13-8-10-17(26-13)21(23)24/h3-10H,2,11-12H2,1H3. The molecule has 0 spiro atoms. The SMILES string of the molecule is CCOCCn1c(=NC(=O)C=Cc2ccc([N+](=O)[O-])s2)sc2ccccc21. The first kappa shape index (κ1) is 19.2. The monoisotopic (exact) mass is 403 g/mol. The van der Waals surface area contributed by atoms with E-state index in [0.29, 0.717) is 29.4 Å². The molecule has 0 fully saturated rings. The molecule has 3 aromatic rings. The van der Waals surface area contributed by atoms with Crippen LogP contribution in [0.5, 0.6) is 0 Å². The zero-order chi connectivity index (χ0) is 19.2. The van der Waals surface area contributed by atoms with Crippen molar-refractivity contribution in [1.29, 1.82) is 0 Å². The highest BCUT2D eigenvalue weighted by Crippen LogP contribution is 2.24. The Labute approximate surface area is 163 Å². The molecule has 0 bridgehead atoms. The van der Waals surface area contributed by atoms with Crippen LogP contribution in [0.15, 0.2) is 47.5 Å². The molecule has 0 unspecified atom stereocenters. The first-order valence-electron chi connectivity index (χ1n) is 8.25. The van der Waals surface area contributed by atoms with Crippen molar-refractivity contribution >= 4 is 49.9 Å². The minimum atomic E-state index is -0.452. The minimum absolute atomic E-state index is 0.0392. The van der Waals surface area contributed by atoms with Crippen LogP contribution < -0.4 is 4.80 Å². The van der Waals surface area contributed by atoms with Gasteiger partial charge in [-0.15, -0.1) is 0 Å². The number of thiazole rings is 1. The van der Waals surface area contributed by atoms with E-state index >= 15 is 0 Å². The molecule has 27 heavy (non-hydrogen) atoms. The van der Waals surface area contributed by atoms with Gasteiger partial charge in [0.25, 0.3) is 5.91 Å². The van der Waals surface area contributed by atoms with E-state index in [0.717, 1.165) is 21.6 Å². The van der Waals surface area contributed by atoms with Gasteiger partial charge in [-0.25, -0.2) is 0 Å². The maximum Gasteiger partial charge on any atom is 0.324 e. The molecule has 1 amide bonds. The number of ether oxygens (including phenoxy) is 1. The third kappa shape index (κ3) is 4.76. The van der Waals surface area contributed by atoms with Crippen molar-refractivity contribution in [1.82, 2.24) is 4.57 Å². The van der Waals surface area contributed by atoms with Crippen molar-refractivity contribution in [3.63, 3.8) is 0 Å². The van der Waals surface area contributed by atoms with Crippen LogP contribution in [0.1, 0.15) is 11.8 Å². The molecule has 9 heteroatoms. The largest absolute Gasteiger partial charge is 0.380 e. The predicted octanol–water partition coefficient (Wildman–Crippen LogP) is 3.85. The predicted molar refractivity (Wildman–Crippen MR) is 107 cm³/mol. The van der Waals surface area contributed by atoms with Crippen LogP contribution in [-0.4, -0.2) is 28.6 Å². The highest BCUT2D eigenvalue weighted by molar-refractivity contribution is 7.16. The number of para-hydroxylation sites is 1. The molecule has 0 saturated heterocycles. The molecule has 0 aliphatic rings. The van der Waals surface area contributed by atoms with Crippen LogP contribution in [0.2, 0.25) is 0 Å². The molecule has 3 rings (SSSR count). The van der Waals surface area contributed by atoms with E-state index in [1.165, 1.54) is 23.5 Å². The molecule has 2 aromatic heterocycles. The smallest absolute Gasteiger partial charge is 0.324 e. The summed E-state index contributed by atoms with van der Waals surface area (Å²) in [5.74, 6) is -0.414. The van der Waals surface area contributed by atoms with Gasteiger partial charge >= 0.3 is 5.00 Å². The Bertz CT molecular complexity index is 1060. The van der Waals surface area contributed by atoms with Gasteiger partial charge in [0.2, 0.25) is 0 Å². The fourth-order valence-corrected chi connectivity index (χ4v) is 4.22. The first-order chi connectivity index (χ1) is 13.1. The lowest BCUT2D eigenvalue weighted by molar-refractivity contribution is -0.380. The van der Waals surface area contributed by atoms with E-state index in [1.54, 1.807) is 12.1 Å². The average molecular weight is 403 g/mol. The summed E-state index contributed by atoms with van der Waals surface area (Å²) in [7, 11) is 0. The summed E-state index contributed by atoms with van der Waals surface area (Å²) in [4.78, 5) is 28.0. The fourth-order valence-electron chi connectivity index (χ4n) is 2.44. The van der Waals surface area contributed by atoms with Gasteiger partial charge in [-0.1, -0.05) is 34.8 Å². The van der Waals surface area contributed by atoms with Crippen molar-refractivity contribution in [3.8, 4) is 0 Å². The molecule has 2 heterocycles. The van der Waals surface area contributed by atoms with Crippen molar-refractivity contribution in [3.05, 3.63) is 62.3 Å². The highest BCUT2D eigenvalue weighted by atomic mass is 32.1. The van der Waals surface area contributed by atoms with E-state index < -0.39 is 10.8 Å². The molecule has 140 valence electrons. The maximum atomic E-state index is 12.3. The summed E-state index contributed by atoms with van der Waals surface area (Å²) in [6.07, 6.45) is 2.87. The lowest BCUT2D eigenvalue weighted by atomic mass is 10.3. The molecular formula is C18H17N3O4S2. The molecule has 0 atom stereocenters. The molecule has 0 aliphatic heterocycles. The van der Waals surface area contributed by atoms with Crippen LogP contribution in [0.4, 0.5) is 5.00 Å². The van der Waals surface area contributed by atoms with Crippen molar-refractivity contribution in [2.24, 2.45) is 4.99 Å². The molecular weight excluding hydrogens is 386 g/mol. The quantitative estimate of drug-likeness (QED) is 0.259. The molecule has 0 N–H and O–H groups in total. The van der Waals surface area contributed by atoms with Gasteiger partial charge < -0.3 is 9.30 Å². The van der Waals surface area contributed by atoms with E-state index in [2.05, 4.69) is 4.99 Å². The Morgan fingerprint density at radius 2 is 2.11 bits per heavy atom. The number of nitrogens with zero attached hydrogens (tertiary/aromatic N) is 3. The highest BCUT2D eigenvalue weighted by Gasteiger charge is 2.09. The number of hydrogen-bond acceptors (Lipinski definition) is 6. The summed E-state index contributed by atoms with van der Waals surface area (Å²) in [5.41, 5.74) is 1.01. The fraction of sp³-hybridized carbons (Fsp3) is 0.222. The minimum Gasteiger partial charge on any atom is -0.380 e. The summed E-state index contributed by atoms with van der Waals surface area (Å²) >= 11 is 2.45. The second-order valence-electron chi connectivity index (χ2n) is 5.42. The van der Waals surface area contributed by atoms with Crippen molar-refractivity contribution in [2.75, 3.05) is 13.2 Å². The molecule has 0 radical (unpaired) electrons. The number of nitro groups is 1. The number of amides is 1. The second-order valence-corrected chi connectivity index (χ2v) is 7.52. The zero-order valence-electron chi connectivity index (χ0n) is 14.5. The van der Waals surface area contributed by atoms with Crippen LogP contribution >= 0.6 is 22.7 Å². The Balaban J connectivity index is 1.86. The number of fused-ring (bicyclic) bond motifs is 1. The van der Waals surface area contributed by atoms with Gasteiger partial charge in [-0.2, -0.15) is 4.99 Å². The van der Waals surface area contributed by atoms with Gasteiger partial charge in [0.1, 0.15) is 0 Å². The lowest BCUT2D eigenvalue weighted by Gasteiger charge is -2.04. The summed E-state index contributed by atoms with van der Waals surface area (Å²) in [6, 6.07) is 10.9. The lowest BCUT2D eigenvalue weighted by Crippen LogP contribution is -2.19. The Morgan fingerprint density at radius 1 is 1.30 bits per heavy atom. The van der Waals surface area contributed by atoms with Gasteiger partial charge in [0.05, 0.1) is 21.7 Å². The Hall–Kier alpha value is -2.62. The topological polar surface area (TPSA) is 86.7 Å². The zero-order valence-corrected chi connectivity index (χ0v) is 16.2. The van der Waals surface area contributed by atoms with Gasteiger partial charge in [-0.05, 0) is 31.2 Å². The Morgan fingerprint density at radius 3 is 2.85 bits per heavy atom. The summed E-state index contributed by atoms with van der Waals surface area (Å²) in [6.45, 7) is 3.70. The van der Waals surface area contributed by atoms with E-state index in [9.17, 15) is 14.9 Å².